The average molecular weight is 362 g/mol. The topological polar surface area (TPSA) is 64.6 Å². The maximum absolute atomic E-state index is 5.76. The summed E-state index contributed by atoms with van der Waals surface area (Å²) in [6.45, 7) is 6.40. The predicted molar refractivity (Wildman–Crippen MR) is 107 cm³/mol. The van der Waals surface area contributed by atoms with E-state index in [1.807, 2.05) is 24.4 Å². The van der Waals surface area contributed by atoms with Crippen molar-refractivity contribution in [3.8, 4) is 5.75 Å². The van der Waals surface area contributed by atoms with E-state index in [1.165, 1.54) is 5.56 Å². The first-order valence-electron chi connectivity index (χ1n) is 8.94. The van der Waals surface area contributed by atoms with Crippen molar-refractivity contribution < 1.29 is 9.15 Å². The fourth-order valence-electron chi connectivity index (χ4n) is 3.18. The number of pyridine rings is 1. The van der Waals surface area contributed by atoms with Crippen molar-refractivity contribution in [1.29, 1.82) is 0 Å². The Labute approximate surface area is 157 Å². The second-order valence-corrected chi connectivity index (χ2v) is 6.43. The lowest BCUT2D eigenvalue weighted by atomic mass is 10.1. The van der Waals surface area contributed by atoms with Crippen LogP contribution in [0.15, 0.2) is 53.6 Å². The van der Waals surface area contributed by atoms with E-state index in [-0.39, 0.29) is 0 Å². The molecule has 0 amide bonds. The van der Waals surface area contributed by atoms with Gasteiger partial charge in [0.2, 0.25) is 0 Å². The Bertz CT molecular complexity index is 1110. The van der Waals surface area contributed by atoms with Gasteiger partial charge in [-0.2, -0.15) is 4.98 Å². The molecule has 1 N–H and O–H groups in total. The molecule has 0 aliphatic rings. The van der Waals surface area contributed by atoms with E-state index in [0.29, 0.717) is 12.6 Å². The standard InChI is InChI=1S/C21H22N4O2/c1-4-10-22-21-24-18-8-6-15(12-19(18)27-21)5-7-17-14(2)25-11-9-16(26-3)13-20(25)23-17/h4,6,8-9,11-13H,1,5,7,10H2,2-3H3,(H,22,24). The van der Waals surface area contributed by atoms with Gasteiger partial charge >= 0.3 is 0 Å². The number of fused-ring (bicyclic) bond motifs is 2. The highest BCUT2D eigenvalue weighted by Crippen LogP contribution is 2.22. The highest BCUT2D eigenvalue weighted by molar-refractivity contribution is 5.75. The van der Waals surface area contributed by atoms with Gasteiger partial charge in [-0.15, -0.1) is 6.58 Å². The third kappa shape index (κ3) is 3.38. The molecule has 0 aliphatic heterocycles. The molecule has 6 nitrogen and oxygen atoms in total. The number of rotatable bonds is 7. The number of imidazole rings is 1. The van der Waals surface area contributed by atoms with E-state index in [0.717, 1.165) is 46.7 Å². The molecule has 0 bridgehead atoms. The van der Waals surface area contributed by atoms with Gasteiger partial charge in [0, 0.05) is 24.5 Å². The molecule has 4 rings (SSSR count). The predicted octanol–water partition coefficient (Wildman–Crippen LogP) is 4.18. The van der Waals surface area contributed by atoms with Gasteiger partial charge < -0.3 is 18.9 Å². The smallest absolute Gasteiger partial charge is 0.295 e. The number of benzene rings is 1. The summed E-state index contributed by atoms with van der Waals surface area (Å²) in [6, 6.07) is 10.6. The van der Waals surface area contributed by atoms with Crippen molar-refractivity contribution in [2.45, 2.75) is 19.8 Å². The van der Waals surface area contributed by atoms with Crippen LogP contribution >= 0.6 is 0 Å². The zero-order valence-electron chi connectivity index (χ0n) is 15.5. The summed E-state index contributed by atoms with van der Waals surface area (Å²) in [5.74, 6) is 0.815. The molecule has 0 radical (unpaired) electrons. The summed E-state index contributed by atoms with van der Waals surface area (Å²) >= 11 is 0. The number of anilines is 1. The molecule has 27 heavy (non-hydrogen) atoms. The fraction of sp³-hybridized carbons (Fsp3) is 0.238. The summed E-state index contributed by atoms with van der Waals surface area (Å²) in [7, 11) is 1.67. The Hall–Kier alpha value is -3.28. The van der Waals surface area contributed by atoms with E-state index in [9.17, 15) is 0 Å². The molecule has 0 fully saturated rings. The third-order valence-corrected chi connectivity index (χ3v) is 4.67. The minimum Gasteiger partial charge on any atom is -0.497 e. The van der Waals surface area contributed by atoms with Crippen molar-refractivity contribution in [2.75, 3.05) is 19.0 Å². The first-order valence-corrected chi connectivity index (χ1v) is 8.94. The summed E-state index contributed by atoms with van der Waals surface area (Å²) in [4.78, 5) is 9.18. The number of ether oxygens (including phenoxy) is 1. The molecule has 1 aromatic carbocycles. The summed E-state index contributed by atoms with van der Waals surface area (Å²) in [6.07, 6.45) is 5.51. The summed E-state index contributed by atoms with van der Waals surface area (Å²) < 4.78 is 13.1. The monoisotopic (exact) mass is 362 g/mol. The van der Waals surface area contributed by atoms with Crippen LogP contribution in [0.1, 0.15) is 17.0 Å². The van der Waals surface area contributed by atoms with Crippen LogP contribution in [-0.4, -0.2) is 28.0 Å². The first-order chi connectivity index (χ1) is 13.2. The Morgan fingerprint density at radius 1 is 1.22 bits per heavy atom. The van der Waals surface area contributed by atoms with Crippen LogP contribution in [0.25, 0.3) is 16.7 Å². The van der Waals surface area contributed by atoms with Gasteiger partial charge in [0.15, 0.2) is 5.58 Å². The van der Waals surface area contributed by atoms with Gasteiger partial charge in [-0.1, -0.05) is 12.1 Å². The molecule has 0 saturated carbocycles. The van der Waals surface area contributed by atoms with Gasteiger partial charge in [0.1, 0.15) is 16.9 Å². The highest BCUT2D eigenvalue weighted by Gasteiger charge is 2.10. The first kappa shape index (κ1) is 17.1. The Kier molecular flexibility index (Phi) is 4.54. The largest absolute Gasteiger partial charge is 0.497 e. The number of methoxy groups -OCH3 is 1. The molecule has 0 spiro atoms. The molecule has 3 aromatic heterocycles. The number of nitrogens with one attached hydrogen (secondary N) is 1. The molecule has 0 atom stereocenters. The SMILES string of the molecule is C=CCNc1nc2ccc(CCc3nc4cc(OC)ccn4c3C)cc2o1. The molecule has 0 aliphatic carbocycles. The molecular formula is C21H22N4O2. The zero-order valence-corrected chi connectivity index (χ0v) is 15.5. The molecule has 4 aromatic rings. The van der Waals surface area contributed by atoms with Gasteiger partial charge in [-0.25, -0.2) is 4.98 Å². The molecule has 138 valence electrons. The number of aryl methyl sites for hydroxylation is 3. The lowest BCUT2D eigenvalue weighted by molar-refractivity contribution is 0.414. The summed E-state index contributed by atoms with van der Waals surface area (Å²) in [5, 5.41) is 3.07. The Balaban J connectivity index is 1.53. The van der Waals surface area contributed by atoms with Gasteiger partial charge in [-0.05, 0) is 43.5 Å². The van der Waals surface area contributed by atoms with E-state index < -0.39 is 0 Å². The maximum atomic E-state index is 5.76. The van der Waals surface area contributed by atoms with Gasteiger partial charge in [-0.3, -0.25) is 0 Å². The van der Waals surface area contributed by atoms with Crippen molar-refractivity contribution in [1.82, 2.24) is 14.4 Å². The highest BCUT2D eigenvalue weighted by atomic mass is 16.5. The van der Waals surface area contributed by atoms with E-state index in [2.05, 4.69) is 40.3 Å². The minimum absolute atomic E-state index is 0.521. The van der Waals surface area contributed by atoms with Crippen molar-refractivity contribution in [2.24, 2.45) is 0 Å². The van der Waals surface area contributed by atoms with Crippen LogP contribution in [0.4, 0.5) is 6.01 Å². The number of oxazole rings is 1. The van der Waals surface area contributed by atoms with Crippen molar-refractivity contribution in [3.63, 3.8) is 0 Å². The number of nitrogens with zero attached hydrogens (tertiary/aromatic N) is 3. The van der Waals surface area contributed by atoms with Crippen molar-refractivity contribution in [3.05, 3.63) is 66.1 Å². The van der Waals surface area contributed by atoms with Crippen LogP contribution in [-0.2, 0) is 12.8 Å². The third-order valence-electron chi connectivity index (χ3n) is 4.67. The number of hydrogen-bond acceptors (Lipinski definition) is 5. The maximum Gasteiger partial charge on any atom is 0.295 e. The molecule has 0 unspecified atom stereocenters. The Morgan fingerprint density at radius 2 is 2.11 bits per heavy atom. The normalized spacial score (nSPS) is 11.2. The van der Waals surface area contributed by atoms with E-state index >= 15 is 0 Å². The Morgan fingerprint density at radius 3 is 2.93 bits per heavy atom. The quantitative estimate of drug-likeness (QED) is 0.500. The molecular weight excluding hydrogens is 340 g/mol. The molecule has 3 heterocycles. The van der Waals surface area contributed by atoms with Crippen LogP contribution in [0.2, 0.25) is 0 Å². The van der Waals surface area contributed by atoms with E-state index in [1.54, 1.807) is 13.2 Å². The second kappa shape index (κ2) is 7.15. The molecule has 0 saturated heterocycles. The minimum atomic E-state index is 0.521. The van der Waals surface area contributed by atoms with Crippen LogP contribution in [0.5, 0.6) is 5.75 Å². The van der Waals surface area contributed by atoms with E-state index in [4.69, 9.17) is 14.1 Å². The van der Waals surface area contributed by atoms with Gasteiger partial charge in [0.25, 0.3) is 6.01 Å². The van der Waals surface area contributed by atoms with Crippen LogP contribution in [0, 0.1) is 6.92 Å². The molecule has 6 heteroatoms. The summed E-state index contributed by atoms with van der Waals surface area (Å²) in [5.41, 5.74) is 5.99. The van der Waals surface area contributed by atoms with Crippen LogP contribution in [0.3, 0.4) is 0 Å². The lowest BCUT2D eigenvalue weighted by Crippen LogP contribution is -1.96. The zero-order chi connectivity index (χ0) is 18.8. The fourth-order valence-corrected chi connectivity index (χ4v) is 3.18. The van der Waals surface area contributed by atoms with Crippen LogP contribution < -0.4 is 10.1 Å². The van der Waals surface area contributed by atoms with Crippen molar-refractivity contribution >= 4 is 22.8 Å². The average Bonchev–Trinajstić information content (AvgIpc) is 3.24. The second-order valence-electron chi connectivity index (χ2n) is 6.43. The number of hydrogen-bond donors (Lipinski definition) is 1. The number of aromatic nitrogens is 3. The van der Waals surface area contributed by atoms with Gasteiger partial charge in [0.05, 0.1) is 12.8 Å². The lowest BCUT2D eigenvalue weighted by Gasteiger charge is -2.01.